The van der Waals surface area contributed by atoms with E-state index in [0.29, 0.717) is 6.54 Å². The van der Waals surface area contributed by atoms with Crippen LogP contribution < -0.4 is 15.4 Å². The number of nitrogens with one attached hydrogen (secondary N) is 2. The molecule has 1 aromatic carbocycles. The first-order chi connectivity index (χ1) is 10.7. The fraction of sp³-hybridized carbons (Fsp3) is 0.588. The Hall–Kier alpha value is -1.59. The summed E-state index contributed by atoms with van der Waals surface area (Å²) in [6, 6.07) is 7.46. The SMILES string of the molecule is CNCCC1CCN(CC(=O)Nc2cccc(OC)c2)CC1. The van der Waals surface area contributed by atoms with Gasteiger partial charge in [-0.2, -0.15) is 0 Å². The van der Waals surface area contributed by atoms with Gasteiger partial charge in [-0.3, -0.25) is 9.69 Å². The highest BCUT2D eigenvalue weighted by Gasteiger charge is 2.20. The van der Waals surface area contributed by atoms with Gasteiger partial charge in [0, 0.05) is 11.8 Å². The normalized spacial score (nSPS) is 16.5. The summed E-state index contributed by atoms with van der Waals surface area (Å²) >= 11 is 0. The van der Waals surface area contributed by atoms with Gasteiger partial charge >= 0.3 is 0 Å². The van der Waals surface area contributed by atoms with Crippen LogP contribution in [0.3, 0.4) is 0 Å². The summed E-state index contributed by atoms with van der Waals surface area (Å²) in [5.74, 6) is 1.59. The first-order valence-electron chi connectivity index (χ1n) is 8.02. The first-order valence-corrected chi connectivity index (χ1v) is 8.02. The van der Waals surface area contributed by atoms with Gasteiger partial charge in [0.1, 0.15) is 5.75 Å². The summed E-state index contributed by atoms with van der Waals surface area (Å²) in [5.41, 5.74) is 0.785. The van der Waals surface area contributed by atoms with Crippen LogP contribution in [0.2, 0.25) is 0 Å². The second kappa shape index (κ2) is 8.76. The van der Waals surface area contributed by atoms with E-state index in [0.717, 1.165) is 37.0 Å². The zero-order valence-electron chi connectivity index (χ0n) is 13.6. The van der Waals surface area contributed by atoms with Crippen molar-refractivity contribution in [1.29, 1.82) is 0 Å². The molecule has 1 aliphatic rings. The molecular formula is C17H27N3O2. The van der Waals surface area contributed by atoms with E-state index in [2.05, 4.69) is 15.5 Å². The van der Waals surface area contributed by atoms with Gasteiger partial charge in [-0.1, -0.05) is 6.07 Å². The van der Waals surface area contributed by atoms with E-state index < -0.39 is 0 Å². The summed E-state index contributed by atoms with van der Waals surface area (Å²) in [4.78, 5) is 14.4. The molecule has 1 heterocycles. The number of methoxy groups -OCH3 is 1. The molecule has 5 nitrogen and oxygen atoms in total. The average Bonchev–Trinajstić information content (AvgIpc) is 2.54. The number of carbonyl (C=O) groups is 1. The van der Waals surface area contributed by atoms with E-state index in [1.54, 1.807) is 7.11 Å². The molecule has 1 saturated heterocycles. The number of amides is 1. The summed E-state index contributed by atoms with van der Waals surface area (Å²) in [6.07, 6.45) is 3.61. The quantitative estimate of drug-likeness (QED) is 0.808. The van der Waals surface area contributed by atoms with Crippen LogP contribution in [0.5, 0.6) is 5.75 Å². The molecule has 0 bridgehead atoms. The highest BCUT2D eigenvalue weighted by molar-refractivity contribution is 5.92. The van der Waals surface area contributed by atoms with E-state index in [9.17, 15) is 4.79 Å². The molecule has 1 aromatic rings. The highest BCUT2D eigenvalue weighted by atomic mass is 16.5. The number of rotatable bonds is 7. The largest absolute Gasteiger partial charge is 0.497 e. The van der Waals surface area contributed by atoms with Crippen molar-refractivity contribution in [1.82, 2.24) is 10.2 Å². The van der Waals surface area contributed by atoms with Gasteiger partial charge in [-0.15, -0.1) is 0 Å². The lowest BCUT2D eigenvalue weighted by Gasteiger charge is -2.31. The van der Waals surface area contributed by atoms with Crippen LogP contribution in [0, 0.1) is 5.92 Å². The van der Waals surface area contributed by atoms with Crippen molar-refractivity contribution in [3.63, 3.8) is 0 Å². The number of hydrogen-bond acceptors (Lipinski definition) is 4. The predicted octanol–water partition coefficient (Wildman–Crippen LogP) is 1.96. The molecule has 0 atom stereocenters. The Morgan fingerprint density at radius 3 is 2.82 bits per heavy atom. The number of piperidine rings is 1. The maximum atomic E-state index is 12.1. The van der Waals surface area contributed by atoms with E-state index in [-0.39, 0.29) is 5.91 Å². The number of benzene rings is 1. The van der Waals surface area contributed by atoms with Gasteiger partial charge in [0.05, 0.1) is 13.7 Å². The predicted molar refractivity (Wildman–Crippen MR) is 89.3 cm³/mol. The van der Waals surface area contributed by atoms with Gasteiger partial charge in [-0.05, 0) is 64.0 Å². The molecule has 0 spiro atoms. The van der Waals surface area contributed by atoms with Gasteiger partial charge < -0.3 is 15.4 Å². The molecule has 5 heteroatoms. The third-order valence-corrected chi connectivity index (χ3v) is 4.23. The topological polar surface area (TPSA) is 53.6 Å². The molecule has 0 unspecified atom stereocenters. The smallest absolute Gasteiger partial charge is 0.238 e. The molecule has 0 aliphatic carbocycles. The lowest BCUT2D eigenvalue weighted by molar-refractivity contribution is -0.117. The number of nitrogens with zero attached hydrogens (tertiary/aromatic N) is 1. The molecule has 122 valence electrons. The van der Waals surface area contributed by atoms with Crippen LogP contribution in [-0.2, 0) is 4.79 Å². The fourth-order valence-electron chi connectivity index (χ4n) is 2.89. The molecule has 0 radical (unpaired) electrons. The minimum atomic E-state index is 0.0435. The lowest BCUT2D eigenvalue weighted by Crippen LogP contribution is -2.39. The van der Waals surface area contributed by atoms with Gasteiger partial charge in [0.2, 0.25) is 5.91 Å². The Morgan fingerprint density at radius 1 is 1.36 bits per heavy atom. The van der Waals surface area contributed by atoms with E-state index in [1.807, 2.05) is 31.3 Å². The maximum Gasteiger partial charge on any atom is 0.238 e. The zero-order valence-corrected chi connectivity index (χ0v) is 13.6. The minimum absolute atomic E-state index is 0.0435. The molecule has 2 N–H and O–H groups in total. The van der Waals surface area contributed by atoms with Crippen molar-refractivity contribution >= 4 is 11.6 Å². The Labute approximate surface area is 133 Å². The van der Waals surface area contributed by atoms with Crippen LogP contribution in [0.25, 0.3) is 0 Å². The molecule has 1 fully saturated rings. The number of anilines is 1. The Balaban J connectivity index is 1.73. The van der Waals surface area contributed by atoms with Crippen LogP contribution >= 0.6 is 0 Å². The summed E-state index contributed by atoms with van der Waals surface area (Å²) < 4.78 is 5.16. The molecular weight excluding hydrogens is 278 g/mol. The molecule has 0 saturated carbocycles. The molecule has 0 aromatic heterocycles. The van der Waals surface area contributed by atoms with Gasteiger partial charge in [0.25, 0.3) is 0 Å². The van der Waals surface area contributed by atoms with Crippen LogP contribution in [0.15, 0.2) is 24.3 Å². The number of hydrogen-bond donors (Lipinski definition) is 2. The number of carbonyl (C=O) groups excluding carboxylic acids is 1. The fourth-order valence-corrected chi connectivity index (χ4v) is 2.89. The van der Waals surface area contributed by atoms with Gasteiger partial charge in [0.15, 0.2) is 0 Å². The lowest BCUT2D eigenvalue weighted by atomic mass is 9.93. The number of likely N-dealkylation sites (tertiary alicyclic amines) is 1. The first kappa shape index (κ1) is 16.8. The highest BCUT2D eigenvalue weighted by Crippen LogP contribution is 2.20. The summed E-state index contributed by atoms with van der Waals surface area (Å²) in [7, 11) is 3.62. The van der Waals surface area contributed by atoms with Crippen molar-refractivity contribution < 1.29 is 9.53 Å². The second-order valence-corrected chi connectivity index (χ2v) is 5.89. The van der Waals surface area contributed by atoms with E-state index >= 15 is 0 Å². The third-order valence-electron chi connectivity index (χ3n) is 4.23. The Morgan fingerprint density at radius 2 is 2.14 bits per heavy atom. The van der Waals surface area contributed by atoms with Crippen LogP contribution in [0.4, 0.5) is 5.69 Å². The maximum absolute atomic E-state index is 12.1. The van der Waals surface area contributed by atoms with E-state index in [1.165, 1.54) is 19.3 Å². The third kappa shape index (κ3) is 5.31. The van der Waals surface area contributed by atoms with Crippen molar-refractivity contribution in [3.05, 3.63) is 24.3 Å². The second-order valence-electron chi connectivity index (χ2n) is 5.89. The molecule has 1 amide bonds. The van der Waals surface area contributed by atoms with Crippen molar-refractivity contribution in [2.45, 2.75) is 19.3 Å². The van der Waals surface area contributed by atoms with Crippen molar-refractivity contribution in [2.24, 2.45) is 5.92 Å². The summed E-state index contributed by atoms with van der Waals surface area (Å²) in [6.45, 7) is 3.58. The van der Waals surface area contributed by atoms with Crippen molar-refractivity contribution in [2.75, 3.05) is 45.7 Å². The standard InChI is InChI=1S/C17H27N3O2/c1-18-9-6-14-7-10-20(11-8-14)13-17(21)19-15-4-3-5-16(12-15)22-2/h3-5,12,14,18H,6-11,13H2,1-2H3,(H,19,21). The van der Waals surface area contributed by atoms with E-state index in [4.69, 9.17) is 4.74 Å². The molecule has 1 aliphatic heterocycles. The zero-order chi connectivity index (χ0) is 15.8. The summed E-state index contributed by atoms with van der Waals surface area (Å²) in [5, 5.41) is 6.15. The monoisotopic (exact) mass is 305 g/mol. The number of ether oxygens (including phenoxy) is 1. The van der Waals surface area contributed by atoms with Crippen molar-refractivity contribution in [3.8, 4) is 5.75 Å². The van der Waals surface area contributed by atoms with Gasteiger partial charge in [-0.25, -0.2) is 0 Å². The Bertz CT molecular complexity index is 471. The Kier molecular flexibility index (Phi) is 6.68. The average molecular weight is 305 g/mol. The van der Waals surface area contributed by atoms with Crippen LogP contribution in [0.1, 0.15) is 19.3 Å². The van der Waals surface area contributed by atoms with Crippen LogP contribution in [-0.4, -0.2) is 51.1 Å². The minimum Gasteiger partial charge on any atom is -0.497 e. The molecule has 2 rings (SSSR count). The molecule has 22 heavy (non-hydrogen) atoms.